The van der Waals surface area contributed by atoms with Crippen LogP contribution in [0.5, 0.6) is 0 Å². The summed E-state index contributed by atoms with van der Waals surface area (Å²) in [6, 6.07) is 3.61. The second-order valence-corrected chi connectivity index (χ2v) is 3.60. The number of nitrogens with one attached hydrogen (secondary N) is 2. The van der Waals surface area contributed by atoms with Gasteiger partial charge in [-0.05, 0) is 19.1 Å². The van der Waals surface area contributed by atoms with Gasteiger partial charge in [0.1, 0.15) is 5.82 Å². The van der Waals surface area contributed by atoms with E-state index in [0.29, 0.717) is 17.9 Å². The third kappa shape index (κ3) is 2.66. The standard InChI is InChI=1S/C11H13N5O/c1-3-9-14-10(16-15-9)11(17)13-8-5-4-7(2)12-6-8/h4-6H,3H2,1-2H3,(H,13,17)(H,14,15,16). The molecule has 0 atom stereocenters. The molecule has 2 rings (SSSR count). The highest BCUT2D eigenvalue weighted by molar-refractivity contribution is 6.01. The molecule has 0 saturated heterocycles. The van der Waals surface area contributed by atoms with Gasteiger partial charge in [0, 0.05) is 12.1 Å². The number of amides is 1. The van der Waals surface area contributed by atoms with Gasteiger partial charge in [-0.15, -0.1) is 5.10 Å². The van der Waals surface area contributed by atoms with Crippen molar-refractivity contribution in [2.45, 2.75) is 20.3 Å². The minimum Gasteiger partial charge on any atom is -0.318 e. The van der Waals surface area contributed by atoms with Crippen LogP contribution in [0.2, 0.25) is 0 Å². The van der Waals surface area contributed by atoms with Crippen molar-refractivity contribution in [3.8, 4) is 0 Å². The van der Waals surface area contributed by atoms with E-state index in [0.717, 1.165) is 5.69 Å². The maximum atomic E-state index is 11.7. The summed E-state index contributed by atoms with van der Waals surface area (Å²) in [7, 11) is 0. The van der Waals surface area contributed by atoms with E-state index in [9.17, 15) is 4.79 Å². The highest BCUT2D eigenvalue weighted by atomic mass is 16.2. The van der Waals surface area contributed by atoms with Crippen LogP contribution in [-0.4, -0.2) is 26.1 Å². The highest BCUT2D eigenvalue weighted by Crippen LogP contribution is 2.06. The number of rotatable bonds is 3. The third-order valence-electron chi connectivity index (χ3n) is 2.24. The smallest absolute Gasteiger partial charge is 0.295 e. The Morgan fingerprint density at radius 1 is 1.47 bits per heavy atom. The summed E-state index contributed by atoms with van der Waals surface area (Å²) < 4.78 is 0. The lowest BCUT2D eigenvalue weighted by molar-refractivity contribution is 0.101. The van der Waals surface area contributed by atoms with Crippen molar-refractivity contribution in [3.05, 3.63) is 35.7 Å². The Morgan fingerprint density at radius 2 is 2.29 bits per heavy atom. The first-order chi connectivity index (χ1) is 8.19. The molecule has 0 aliphatic rings. The molecule has 2 N–H and O–H groups in total. The molecular formula is C11H13N5O. The average molecular weight is 231 g/mol. The number of aryl methyl sites for hydroxylation is 2. The van der Waals surface area contributed by atoms with Gasteiger partial charge in [-0.3, -0.25) is 14.9 Å². The minimum absolute atomic E-state index is 0.141. The van der Waals surface area contributed by atoms with Crippen molar-refractivity contribution < 1.29 is 4.79 Å². The lowest BCUT2D eigenvalue weighted by Crippen LogP contribution is -2.14. The molecule has 0 radical (unpaired) electrons. The van der Waals surface area contributed by atoms with E-state index in [1.54, 1.807) is 12.3 Å². The van der Waals surface area contributed by atoms with Crippen molar-refractivity contribution in [1.29, 1.82) is 0 Å². The number of hydrogen-bond acceptors (Lipinski definition) is 4. The van der Waals surface area contributed by atoms with Gasteiger partial charge in [0.05, 0.1) is 11.9 Å². The van der Waals surface area contributed by atoms with Gasteiger partial charge in [-0.25, -0.2) is 4.98 Å². The Morgan fingerprint density at radius 3 is 2.88 bits per heavy atom. The summed E-state index contributed by atoms with van der Waals surface area (Å²) in [6.45, 7) is 3.82. The number of hydrogen-bond donors (Lipinski definition) is 2. The van der Waals surface area contributed by atoms with Crippen LogP contribution in [-0.2, 0) is 6.42 Å². The van der Waals surface area contributed by atoms with Crippen LogP contribution in [0.15, 0.2) is 18.3 Å². The van der Waals surface area contributed by atoms with Gasteiger partial charge < -0.3 is 5.32 Å². The third-order valence-corrected chi connectivity index (χ3v) is 2.24. The maximum Gasteiger partial charge on any atom is 0.295 e. The minimum atomic E-state index is -0.341. The van der Waals surface area contributed by atoms with E-state index in [1.807, 2.05) is 19.9 Å². The zero-order valence-electron chi connectivity index (χ0n) is 9.69. The Balaban J connectivity index is 2.08. The summed E-state index contributed by atoms with van der Waals surface area (Å²) in [6.07, 6.45) is 2.31. The normalized spacial score (nSPS) is 10.2. The second-order valence-electron chi connectivity index (χ2n) is 3.60. The summed E-state index contributed by atoms with van der Waals surface area (Å²) >= 11 is 0. The number of anilines is 1. The molecule has 2 aromatic heterocycles. The molecule has 1 amide bonds. The van der Waals surface area contributed by atoms with Gasteiger partial charge in [0.15, 0.2) is 0 Å². The van der Waals surface area contributed by atoms with Gasteiger partial charge in [-0.2, -0.15) is 0 Å². The molecule has 0 aromatic carbocycles. The molecule has 0 spiro atoms. The van der Waals surface area contributed by atoms with Crippen LogP contribution in [0.4, 0.5) is 5.69 Å². The molecule has 6 nitrogen and oxygen atoms in total. The summed E-state index contributed by atoms with van der Waals surface area (Å²) in [4.78, 5) is 19.9. The van der Waals surface area contributed by atoms with Gasteiger partial charge >= 0.3 is 0 Å². The lowest BCUT2D eigenvalue weighted by atomic mass is 10.3. The molecule has 88 valence electrons. The van der Waals surface area contributed by atoms with Crippen molar-refractivity contribution in [1.82, 2.24) is 20.2 Å². The van der Waals surface area contributed by atoms with E-state index in [4.69, 9.17) is 0 Å². The largest absolute Gasteiger partial charge is 0.318 e. The zero-order valence-corrected chi connectivity index (χ0v) is 9.69. The second kappa shape index (κ2) is 4.73. The van der Waals surface area contributed by atoms with Crippen LogP contribution in [0.3, 0.4) is 0 Å². The fourth-order valence-corrected chi connectivity index (χ4v) is 1.28. The topological polar surface area (TPSA) is 83.6 Å². The highest BCUT2D eigenvalue weighted by Gasteiger charge is 2.11. The van der Waals surface area contributed by atoms with Crippen LogP contribution < -0.4 is 5.32 Å². The number of carbonyl (C=O) groups is 1. The van der Waals surface area contributed by atoms with Crippen molar-refractivity contribution >= 4 is 11.6 Å². The first-order valence-electron chi connectivity index (χ1n) is 5.34. The fraction of sp³-hybridized carbons (Fsp3) is 0.273. The summed E-state index contributed by atoms with van der Waals surface area (Å²) in [5, 5.41) is 9.20. The molecule has 2 heterocycles. The molecule has 0 aliphatic carbocycles. The van der Waals surface area contributed by atoms with E-state index in [-0.39, 0.29) is 11.7 Å². The number of aromatic nitrogens is 4. The quantitative estimate of drug-likeness (QED) is 0.834. The molecular weight excluding hydrogens is 218 g/mol. The Labute approximate surface area is 98.5 Å². The molecule has 0 bridgehead atoms. The summed E-state index contributed by atoms with van der Waals surface area (Å²) in [5.74, 6) is 0.492. The predicted octanol–water partition coefficient (Wildman–Crippen LogP) is 1.32. The molecule has 0 aliphatic heterocycles. The van der Waals surface area contributed by atoms with Gasteiger partial charge in [0.2, 0.25) is 5.82 Å². The molecule has 0 saturated carbocycles. The van der Waals surface area contributed by atoms with E-state index in [1.165, 1.54) is 0 Å². The fourth-order valence-electron chi connectivity index (χ4n) is 1.28. The molecule has 2 aromatic rings. The monoisotopic (exact) mass is 231 g/mol. The van der Waals surface area contributed by atoms with Crippen molar-refractivity contribution in [2.24, 2.45) is 0 Å². The number of carbonyl (C=O) groups excluding carboxylic acids is 1. The predicted molar refractivity (Wildman–Crippen MR) is 62.7 cm³/mol. The van der Waals surface area contributed by atoms with Crippen LogP contribution >= 0.6 is 0 Å². The SMILES string of the molecule is CCc1nc(C(=O)Nc2ccc(C)nc2)n[nH]1. The zero-order chi connectivity index (χ0) is 12.3. The van der Waals surface area contributed by atoms with Gasteiger partial charge in [0.25, 0.3) is 5.91 Å². The first-order valence-corrected chi connectivity index (χ1v) is 5.34. The van der Waals surface area contributed by atoms with Crippen LogP contribution in [0.1, 0.15) is 29.1 Å². The first kappa shape index (κ1) is 11.3. The van der Waals surface area contributed by atoms with E-state index >= 15 is 0 Å². The van der Waals surface area contributed by atoms with E-state index < -0.39 is 0 Å². The van der Waals surface area contributed by atoms with Gasteiger partial charge in [-0.1, -0.05) is 6.92 Å². The number of aromatic amines is 1. The summed E-state index contributed by atoms with van der Waals surface area (Å²) in [5.41, 5.74) is 1.53. The maximum absolute atomic E-state index is 11.7. The molecule has 0 fully saturated rings. The number of pyridine rings is 1. The Kier molecular flexibility index (Phi) is 3.13. The Bertz CT molecular complexity index is 517. The molecule has 6 heteroatoms. The molecule has 0 unspecified atom stereocenters. The van der Waals surface area contributed by atoms with Crippen LogP contribution in [0, 0.1) is 6.92 Å². The Hall–Kier alpha value is -2.24. The number of H-pyrrole nitrogens is 1. The van der Waals surface area contributed by atoms with Crippen LogP contribution in [0.25, 0.3) is 0 Å². The van der Waals surface area contributed by atoms with Crippen molar-refractivity contribution in [2.75, 3.05) is 5.32 Å². The lowest BCUT2D eigenvalue weighted by Gasteiger charge is -2.01. The number of nitrogens with zero attached hydrogens (tertiary/aromatic N) is 3. The average Bonchev–Trinajstić information content (AvgIpc) is 2.81. The van der Waals surface area contributed by atoms with E-state index in [2.05, 4.69) is 25.5 Å². The van der Waals surface area contributed by atoms with Crippen molar-refractivity contribution in [3.63, 3.8) is 0 Å². The molecule has 17 heavy (non-hydrogen) atoms.